The Kier molecular flexibility index (Phi) is 6.44. The van der Waals surface area contributed by atoms with Crippen LogP contribution in [-0.2, 0) is 0 Å². The molecule has 0 aliphatic heterocycles. The number of hydrogen-bond donors (Lipinski definition) is 2. The van der Waals surface area contributed by atoms with Crippen molar-refractivity contribution in [1.82, 2.24) is 10.6 Å². The van der Waals surface area contributed by atoms with Crippen molar-refractivity contribution in [1.29, 1.82) is 0 Å². The fourth-order valence-corrected chi connectivity index (χ4v) is 2.26. The van der Waals surface area contributed by atoms with Crippen LogP contribution in [0.2, 0.25) is 0 Å². The van der Waals surface area contributed by atoms with E-state index in [-0.39, 0.29) is 4.92 Å². The molecule has 17 heavy (non-hydrogen) atoms. The van der Waals surface area contributed by atoms with Crippen molar-refractivity contribution in [2.75, 3.05) is 13.1 Å². The Morgan fingerprint density at radius 1 is 1.24 bits per heavy atom. The van der Waals surface area contributed by atoms with Crippen molar-refractivity contribution in [3.05, 3.63) is 10.1 Å². The van der Waals surface area contributed by atoms with E-state index in [1.54, 1.807) is 6.92 Å². The molecule has 5 nitrogen and oxygen atoms in total. The van der Waals surface area contributed by atoms with Crippen LogP contribution in [0.1, 0.15) is 46.0 Å². The first-order valence-electron chi connectivity index (χ1n) is 6.73. The predicted molar refractivity (Wildman–Crippen MR) is 68.8 cm³/mol. The molecule has 0 spiro atoms. The molecule has 1 rings (SSSR count). The highest BCUT2D eigenvalue weighted by Crippen LogP contribution is 2.18. The van der Waals surface area contributed by atoms with Gasteiger partial charge in [-0.2, -0.15) is 0 Å². The maximum atomic E-state index is 10.5. The van der Waals surface area contributed by atoms with E-state index in [2.05, 4.69) is 17.6 Å². The van der Waals surface area contributed by atoms with Crippen molar-refractivity contribution in [2.24, 2.45) is 0 Å². The molecule has 1 unspecified atom stereocenters. The predicted octanol–water partition coefficient (Wildman–Crippen LogP) is 1.55. The zero-order valence-corrected chi connectivity index (χ0v) is 10.9. The number of rotatable bonds is 7. The van der Waals surface area contributed by atoms with Crippen LogP contribution in [-0.4, -0.2) is 36.1 Å². The Morgan fingerprint density at radius 2 is 1.76 bits per heavy atom. The van der Waals surface area contributed by atoms with Crippen LogP contribution in [0.25, 0.3) is 0 Å². The zero-order chi connectivity index (χ0) is 12.7. The van der Waals surface area contributed by atoms with Crippen molar-refractivity contribution in [3.8, 4) is 0 Å². The van der Waals surface area contributed by atoms with Gasteiger partial charge >= 0.3 is 0 Å². The molecule has 1 aliphatic rings. The second-order valence-corrected chi connectivity index (χ2v) is 5.05. The van der Waals surface area contributed by atoms with E-state index in [0.29, 0.717) is 18.6 Å². The molecule has 0 aromatic carbocycles. The van der Waals surface area contributed by atoms with Crippen molar-refractivity contribution in [3.63, 3.8) is 0 Å². The summed E-state index contributed by atoms with van der Waals surface area (Å²) in [5.41, 5.74) is 0. The monoisotopic (exact) mass is 243 g/mol. The summed E-state index contributed by atoms with van der Waals surface area (Å²) in [5, 5.41) is 17.3. The van der Waals surface area contributed by atoms with E-state index in [4.69, 9.17) is 0 Å². The Labute approximate surface area is 104 Å². The first kappa shape index (κ1) is 14.4. The normalized spacial score (nSPS) is 26.7. The van der Waals surface area contributed by atoms with E-state index in [9.17, 15) is 10.1 Å². The van der Waals surface area contributed by atoms with Crippen LogP contribution in [0.4, 0.5) is 0 Å². The van der Waals surface area contributed by atoms with Crippen molar-refractivity contribution >= 4 is 0 Å². The largest absolute Gasteiger partial charge is 0.314 e. The van der Waals surface area contributed by atoms with E-state index in [0.717, 1.165) is 19.4 Å². The van der Waals surface area contributed by atoms with Crippen LogP contribution in [0, 0.1) is 10.1 Å². The molecule has 0 aromatic rings. The molecule has 2 N–H and O–H groups in total. The lowest BCUT2D eigenvalue weighted by Gasteiger charge is -2.29. The molecule has 1 aliphatic carbocycles. The van der Waals surface area contributed by atoms with Gasteiger partial charge in [-0.3, -0.25) is 10.1 Å². The van der Waals surface area contributed by atoms with Crippen LogP contribution in [0.3, 0.4) is 0 Å². The smallest absolute Gasteiger partial charge is 0.222 e. The Balaban J connectivity index is 2.12. The van der Waals surface area contributed by atoms with Crippen molar-refractivity contribution < 1.29 is 4.92 Å². The lowest BCUT2D eigenvalue weighted by Crippen LogP contribution is -2.43. The van der Waals surface area contributed by atoms with Gasteiger partial charge in [0.15, 0.2) is 0 Å². The molecule has 0 heterocycles. The van der Waals surface area contributed by atoms with Gasteiger partial charge in [-0.15, -0.1) is 0 Å². The highest BCUT2D eigenvalue weighted by Gasteiger charge is 2.22. The summed E-state index contributed by atoms with van der Waals surface area (Å²) in [6, 6.07) is 0.643. The fourth-order valence-electron chi connectivity index (χ4n) is 2.26. The lowest BCUT2D eigenvalue weighted by atomic mass is 9.91. The van der Waals surface area contributed by atoms with Gasteiger partial charge in [-0.05, 0) is 38.6 Å². The molecular weight excluding hydrogens is 218 g/mol. The molecule has 0 saturated heterocycles. The number of nitro groups is 1. The van der Waals surface area contributed by atoms with Gasteiger partial charge < -0.3 is 10.6 Å². The van der Waals surface area contributed by atoms with Crippen LogP contribution < -0.4 is 10.6 Å². The molecule has 0 radical (unpaired) electrons. The number of nitrogens with zero attached hydrogens (tertiary/aromatic N) is 1. The maximum absolute atomic E-state index is 10.5. The Bertz CT molecular complexity index is 228. The first-order valence-corrected chi connectivity index (χ1v) is 6.73. The van der Waals surface area contributed by atoms with Crippen molar-refractivity contribution in [2.45, 2.75) is 64.1 Å². The van der Waals surface area contributed by atoms with E-state index in [1.807, 2.05) is 0 Å². The molecule has 0 amide bonds. The molecule has 1 saturated carbocycles. The number of nitrogens with one attached hydrogen (secondary N) is 2. The maximum Gasteiger partial charge on any atom is 0.222 e. The van der Waals surface area contributed by atoms with Gasteiger partial charge in [0.05, 0.1) is 6.54 Å². The highest BCUT2D eigenvalue weighted by molar-refractivity contribution is 4.81. The van der Waals surface area contributed by atoms with Gasteiger partial charge in [0.1, 0.15) is 0 Å². The molecular formula is C12H25N3O2. The summed E-state index contributed by atoms with van der Waals surface area (Å²) in [6.45, 7) is 5.42. The summed E-state index contributed by atoms with van der Waals surface area (Å²) >= 11 is 0. The van der Waals surface area contributed by atoms with Gasteiger partial charge in [0.2, 0.25) is 6.04 Å². The molecule has 5 heteroatoms. The third-order valence-electron chi connectivity index (χ3n) is 3.47. The minimum absolute atomic E-state index is 0.221. The lowest BCUT2D eigenvalue weighted by molar-refractivity contribution is -0.516. The second-order valence-electron chi connectivity index (χ2n) is 5.05. The second kappa shape index (κ2) is 7.61. The topological polar surface area (TPSA) is 67.2 Å². The first-order chi connectivity index (χ1) is 8.13. The quantitative estimate of drug-likeness (QED) is 0.526. The van der Waals surface area contributed by atoms with Gasteiger partial charge in [-0.25, -0.2) is 0 Å². The molecule has 1 atom stereocenters. The third kappa shape index (κ3) is 5.46. The van der Waals surface area contributed by atoms with E-state index < -0.39 is 6.04 Å². The minimum atomic E-state index is -0.481. The summed E-state index contributed by atoms with van der Waals surface area (Å²) in [6.07, 6.45) is 5.81. The van der Waals surface area contributed by atoms with Gasteiger partial charge in [-0.1, -0.05) is 6.92 Å². The van der Waals surface area contributed by atoms with E-state index >= 15 is 0 Å². The average Bonchev–Trinajstić information content (AvgIpc) is 2.34. The summed E-state index contributed by atoms with van der Waals surface area (Å²) in [4.78, 5) is 10.3. The molecule has 1 fully saturated rings. The van der Waals surface area contributed by atoms with Crippen LogP contribution in [0.5, 0.6) is 0 Å². The highest BCUT2D eigenvalue weighted by atomic mass is 16.6. The average molecular weight is 243 g/mol. The van der Waals surface area contributed by atoms with Gasteiger partial charge in [0, 0.05) is 23.9 Å². The molecule has 0 bridgehead atoms. The SMILES string of the molecule is CCCNC1CCC(NCC(C)[N+](=O)[O-])CC1. The third-order valence-corrected chi connectivity index (χ3v) is 3.47. The number of hydrogen-bond acceptors (Lipinski definition) is 4. The standard InChI is InChI=1S/C12H25N3O2/c1-3-8-13-11-4-6-12(7-5-11)14-9-10(2)15(16)17/h10-14H,3-9H2,1-2H3. The summed E-state index contributed by atoms with van der Waals surface area (Å²) in [7, 11) is 0. The molecule has 0 aromatic heterocycles. The summed E-state index contributed by atoms with van der Waals surface area (Å²) < 4.78 is 0. The Hall–Kier alpha value is -0.680. The van der Waals surface area contributed by atoms with E-state index in [1.165, 1.54) is 19.3 Å². The van der Waals surface area contributed by atoms with Crippen LogP contribution >= 0.6 is 0 Å². The fraction of sp³-hybridized carbons (Fsp3) is 1.00. The zero-order valence-electron chi connectivity index (χ0n) is 10.9. The van der Waals surface area contributed by atoms with Gasteiger partial charge in [0.25, 0.3) is 0 Å². The minimum Gasteiger partial charge on any atom is -0.314 e. The Morgan fingerprint density at radius 3 is 2.24 bits per heavy atom. The summed E-state index contributed by atoms with van der Waals surface area (Å²) in [5.74, 6) is 0. The van der Waals surface area contributed by atoms with Crippen LogP contribution in [0.15, 0.2) is 0 Å². The molecule has 100 valence electrons.